The minimum atomic E-state index is 0.752. The van der Waals surface area contributed by atoms with Gasteiger partial charge < -0.3 is 9.47 Å². The summed E-state index contributed by atoms with van der Waals surface area (Å²) in [5.74, 6) is 1.51. The third-order valence-electron chi connectivity index (χ3n) is 3.27. The summed E-state index contributed by atoms with van der Waals surface area (Å²) in [6.07, 6.45) is 3.18. The van der Waals surface area contributed by atoms with Crippen LogP contribution in [-0.2, 0) is 0 Å². The molecule has 2 heteroatoms. The van der Waals surface area contributed by atoms with Crippen LogP contribution in [0.4, 0.5) is 0 Å². The molecule has 0 atom stereocenters. The van der Waals surface area contributed by atoms with Crippen molar-refractivity contribution in [1.29, 1.82) is 0 Å². The first-order chi connectivity index (χ1) is 9.78. The fourth-order valence-electron chi connectivity index (χ4n) is 2.19. The van der Waals surface area contributed by atoms with Crippen molar-refractivity contribution in [3.8, 4) is 11.5 Å². The maximum atomic E-state index is 5.34. The molecule has 0 amide bonds. The van der Waals surface area contributed by atoms with E-state index in [0.29, 0.717) is 0 Å². The van der Waals surface area contributed by atoms with Crippen LogP contribution < -0.4 is 9.47 Å². The third-order valence-corrected chi connectivity index (χ3v) is 3.27. The van der Waals surface area contributed by atoms with Crippen molar-refractivity contribution in [1.82, 2.24) is 0 Å². The van der Waals surface area contributed by atoms with Gasteiger partial charge in [-0.3, -0.25) is 0 Å². The lowest BCUT2D eigenvalue weighted by molar-refractivity contribution is 0.355. The van der Waals surface area contributed by atoms with Crippen LogP contribution in [0.15, 0.2) is 48.5 Å². The number of allylic oxidation sites excluding steroid dienone is 1. The molecule has 2 nitrogen and oxygen atoms in total. The van der Waals surface area contributed by atoms with E-state index in [2.05, 4.69) is 37.3 Å². The summed E-state index contributed by atoms with van der Waals surface area (Å²) in [6.45, 7) is 2.17. The molecule has 0 unspecified atom stereocenters. The molecular weight excluding hydrogens is 248 g/mol. The van der Waals surface area contributed by atoms with Crippen LogP contribution in [0.2, 0.25) is 0 Å². The number of rotatable bonds is 5. The van der Waals surface area contributed by atoms with Gasteiger partial charge in [-0.15, -0.1) is 0 Å². The van der Waals surface area contributed by atoms with Crippen molar-refractivity contribution in [2.24, 2.45) is 0 Å². The highest BCUT2D eigenvalue weighted by Crippen LogP contribution is 2.30. The molecule has 0 fully saturated rings. The van der Waals surface area contributed by atoms with Crippen LogP contribution in [0.3, 0.4) is 0 Å². The van der Waals surface area contributed by atoms with Gasteiger partial charge in [0.1, 0.15) is 0 Å². The van der Waals surface area contributed by atoms with E-state index in [0.717, 1.165) is 23.5 Å². The number of ether oxygens (including phenoxy) is 2. The van der Waals surface area contributed by atoms with Gasteiger partial charge in [0, 0.05) is 0 Å². The lowest BCUT2D eigenvalue weighted by Crippen LogP contribution is -1.91. The van der Waals surface area contributed by atoms with E-state index < -0.39 is 0 Å². The zero-order chi connectivity index (χ0) is 14.4. The molecule has 0 N–H and O–H groups in total. The topological polar surface area (TPSA) is 18.5 Å². The maximum Gasteiger partial charge on any atom is 0.161 e. The first-order valence-corrected chi connectivity index (χ1v) is 6.76. The molecule has 2 aromatic rings. The first kappa shape index (κ1) is 14.2. The van der Waals surface area contributed by atoms with E-state index in [1.165, 1.54) is 11.1 Å². The predicted molar refractivity (Wildman–Crippen MR) is 84.2 cm³/mol. The second-order valence-corrected chi connectivity index (χ2v) is 4.50. The summed E-state index contributed by atoms with van der Waals surface area (Å²) in [4.78, 5) is 0. The molecule has 0 bridgehead atoms. The van der Waals surface area contributed by atoms with Gasteiger partial charge in [0.05, 0.1) is 14.2 Å². The van der Waals surface area contributed by atoms with Crippen LogP contribution in [-0.4, -0.2) is 14.2 Å². The molecule has 104 valence electrons. The molecule has 0 aromatic heterocycles. The van der Waals surface area contributed by atoms with Gasteiger partial charge >= 0.3 is 0 Å². The molecule has 0 saturated carbocycles. The molecular formula is C18H20O2. The highest BCUT2D eigenvalue weighted by molar-refractivity contribution is 5.81. The van der Waals surface area contributed by atoms with E-state index in [4.69, 9.17) is 9.47 Å². The molecule has 0 aliphatic heterocycles. The summed E-state index contributed by atoms with van der Waals surface area (Å²) in [5.41, 5.74) is 3.67. The molecule has 2 aromatic carbocycles. The van der Waals surface area contributed by atoms with E-state index in [9.17, 15) is 0 Å². The van der Waals surface area contributed by atoms with Crippen LogP contribution in [0.5, 0.6) is 11.5 Å². The van der Waals surface area contributed by atoms with Gasteiger partial charge in [-0.2, -0.15) is 0 Å². The monoisotopic (exact) mass is 268 g/mol. The molecule has 0 spiro atoms. The zero-order valence-corrected chi connectivity index (χ0v) is 12.2. The Kier molecular flexibility index (Phi) is 4.83. The average Bonchev–Trinajstić information content (AvgIpc) is 2.53. The Bertz CT molecular complexity index is 586. The van der Waals surface area contributed by atoms with Crippen LogP contribution in [0.1, 0.15) is 24.5 Å². The lowest BCUT2D eigenvalue weighted by atomic mass is 10.0. The molecule has 0 saturated heterocycles. The number of benzene rings is 2. The van der Waals surface area contributed by atoms with Gasteiger partial charge in [-0.1, -0.05) is 49.4 Å². The summed E-state index contributed by atoms with van der Waals surface area (Å²) in [7, 11) is 3.30. The van der Waals surface area contributed by atoms with Crippen LogP contribution >= 0.6 is 0 Å². The van der Waals surface area contributed by atoms with Crippen molar-refractivity contribution in [3.63, 3.8) is 0 Å². The van der Waals surface area contributed by atoms with Crippen molar-refractivity contribution >= 4 is 11.6 Å². The highest BCUT2D eigenvalue weighted by atomic mass is 16.5. The minimum Gasteiger partial charge on any atom is -0.493 e. The molecule has 0 radical (unpaired) electrons. The maximum absolute atomic E-state index is 5.34. The van der Waals surface area contributed by atoms with Gasteiger partial charge in [0.2, 0.25) is 0 Å². The SMILES string of the molecule is CCC(=Cc1ccc(OC)c(OC)c1)c1ccccc1. The summed E-state index contributed by atoms with van der Waals surface area (Å²) in [5, 5.41) is 0. The molecule has 20 heavy (non-hydrogen) atoms. The van der Waals surface area contributed by atoms with Gasteiger partial charge in [-0.05, 0) is 35.3 Å². The van der Waals surface area contributed by atoms with Gasteiger partial charge in [-0.25, -0.2) is 0 Å². The van der Waals surface area contributed by atoms with Gasteiger partial charge in [0.25, 0.3) is 0 Å². The second-order valence-electron chi connectivity index (χ2n) is 4.50. The Morgan fingerprint density at radius 2 is 1.65 bits per heavy atom. The van der Waals surface area contributed by atoms with Crippen molar-refractivity contribution < 1.29 is 9.47 Å². The predicted octanol–water partition coefficient (Wildman–Crippen LogP) is 4.65. The van der Waals surface area contributed by atoms with Gasteiger partial charge in [0.15, 0.2) is 11.5 Å². The van der Waals surface area contributed by atoms with E-state index in [1.54, 1.807) is 14.2 Å². The highest BCUT2D eigenvalue weighted by Gasteiger charge is 2.04. The fraction of sp³-hybridized carbons (Fsp3) is 0.222. The van der Waals surface area contributed by atoms with Crippen LogP contribution in [0, 0.1) is 0 Å². The fourth-order valence-corrected chi connectivity index (χ4v) is 2.19. The van der Waals surface area contributed by atoms with Crippen molar-refractivity contribution in [2.45, 2.75) is 13.3 Å². The lowest BCUT2D eigenvalue weighted by Gasteiger charge is -2.09. The zero-order valence-electron chi connectivity index (χ0n) is 12.2. The molecule has 0 heterocycles. The number of hydrogen-bond acceptors (Lipinski definition) is 2. The summed E-state index contributed by atoms with van der Waals surface area (Å²) in [6, 6.07) is 16.4. The Morgan fingerprint density at radius 1 is 0.950 bits per heavy atom. The Balaban J connectivity index is 2.38. The number of methoxy groups -OCH3 is 2. The molecule has 0 aliphatic rings. The van der Waals surface area contributed by atoms with Crippen LogP contribution in [0.25, 0.3) is 11.6 Å². The smallest absolute Gasteiger partial charge is 0.161 e. The second kappa shape index (κ2) is 6.80. The first-order valence-electron chi connectivity index (χ1n) is 6.76. The Labute approximate surface area is 120 Å². The Hall–Kier alpha value is -2.22. The summed E-state index contributed by atoms with van der Waals surface area (Å²) >= 11 is 0. The van der Waals surface area contributed by atoms with Crippen molar-refractivity contribution in [2.75, 3.05) is 14.2 Å². The van der Waals surface area contributed by atoms with E-state index >= 15 is 0 Å². The van der Waals surface area contributed by atoms with Crippen molar-refractivity contribution in [3.05, 3.63) is 59.7 Å². The quantitative estimate of drug-likeness (QED) is 0.735. The normalized spacial score (nSPS) is 11.2. The Morgan fingerprint density at radius 3 is 2.25 bits per heavy atom. The number of hydrogen-bond donors (Lipinski definition) is 0. The minimum absolute atomic E-state index is 0.752. The average molecular weight is 268 g/mol. The van der Waals surface area contributed by atoms with E-state index in [1.807, 2.05) is 24.3 Å². The standard InChI is InChI=1S/C18H20O2/c1-4-15(16-8-6-5-7-9-16)12-14-10-11-17(19-2)18(13-14)20-3/h5-13H,4H2,1-3H3. The third kappa shape index (κ3) is 3.21. The van der Waals surface area contributed by atoms with E-state index in [-0.39, 0.29) is 0 Å². The molecule has 2 rings (SSSR count). The molecule has 0 aliphatic carbocycles. The largest absolute Gasteiger partial charge is 0.493 e. The summed E-state index contributed by atoms with van der Waals surface area (Å²) < 4.78 is 10.6.